The number of alkyl halides is 1. The lowest BCUT2D eigenvalue weighted by atomic mass is 10.0. The quantitative estimate of drug-likeness (QED) is 0.487. The van der Waals surface area contributed by atoms with Crippen molar-refractivity contribution in [3.63, 3.8) is 0 Å². The maximum Gasteiger partial charge on any atom is 0.260 e. The second-order valence-electron chi connectivity index (χ2n) is 4.40. The van der Waals surface area contributed by atoms with Crippen LogP contribution in [0.1, 0.15) is 35.2 Å². The largest absolute Gasteiger partial charge is 0.278 e. The fourth-order valence-corrected chi connectivity index (χ4v) is 2.57. The van der Waals surface area contributed by atoms with Crippen molar-refractivity contribution in [3.8, 4) is 0 Å². The van der Waals surface area contributed by atoms with Crippen molar-refractivity contribution in [1.29, 1.82) is 0 Å². The summed E-state index contributed by atoms with van der Waals surface area (Å²) in [6, 6.07) is 7.51. The highest BCUT2D eigenvalue weighted by atomic mass is 79.9. The molecule has 1 aromatic rings. The minimum Gasteiger partial charge on any atom is -0.278 e. The molecule has 18 heavy (non-hydrogen) atoms. The van der Waals surface area contributed by atoms with Crippen LogP contribution in [0.2, 0.25) is 0 Å². The SMILES string of the molecule is O=C1CCc2ccccc2C(=O)N1CCCCBr. The Balaban J connectivity index is 2.20. The molecular formula is C14H16BrNO2. The summed E-state index contributed by atoms with van der Waals surface area (Å²) in [5.74, 6) is -0.187. The van der Waals surface area contributed by atoms with Crippen LogP contribution in [-0.2, 0) is 11.2 Å². The van der Waals surface area contributed by atoms with Gasteiger partial charge in [0.2, 0.25) is 5.91 Å². The Kier molecular flexibility index (Phi) is 4.53. The number of aryl methyl sites for hydroxylation is 1. The Morgan fingerprint density at radius 2 is 1.89 bits per heavy atom. The number of benzene rings is 1. The Bertz CT molecular complexity index is 459. The normalized spacial score (nSPS) is 15.5. The third-order valence-electron chi connectivity index (χ3n) is 3.17. The molecule has 0 N–H and O–H groups in total. The summed E-state index contributed by atoms with van der Waals surface area (Å²) in [5, 5.41) is 0.903. The van der Waals surface area contributed by atoms with Crippen LogP contribution in [0.5, 0.6) is 0 Å². The van der Waals surface area contributed by atoms with E-state index in [1.807, 2.05) is 24.3 Å². The molecule has 1 aliphatic rings. The lowest BCUT2D eigenvalue weighted by Gasteiger charge is -2.18. The Hall–Kier alpha value is -1.16. The lowest BCUT2D eigenvalue weighted by Crippen LogP contribution is -2.36. The van der Waals surface area contributed by atoms with Crippen LogP contribution in [-0.4, -0.2) is 28.6 Å². The molecule has 0 unspecified atom stereocenters. The molecule has 3 nitrogen and oxygen atoms in total. The van der Waals surface area contributed by atoms with Gasteiger partial charge in [-0.2, -0.15) is 0 Å². The van der Waals surface area contributed by atoms with E-state index >= 15 is 0 Å². The smallest absolute Gasteiger partial charge is 0.260 e. The molecule has 4 heteroatoms. The van der Waals surface area contributed by atoms with Gasteiger partial charge < -0.3 is 0 Å². The molecule has 0 spiro atoms. The minimum absolute atomic E-state index is 0.0502. The predicted octanol–water partition coefficient (Wildman–Crippen LogP) is 2.78. The molecule has 2 rings (SSSR count). The van der Waals surface area contributed by atoms with E-state index in [1.165, 1.54) is 4.90 Å². The van der Waals surface area contributed by atoms with E-state index in [2.05, 4.69) is 15.9 Å². The summed E-state index contributed by atoms with van der Waals surface area (Å²) >= 11 is 3.36. The number of unbranched alkanes of at least 4 members (excludes halogenated alkanes) is 1. The van der Waals surface area contributed by atoms with E-state index in [4.69, 9.17) is 0 Å². The third kappa shape index (κ3) is 2.80. The summed E-state index contributed by atoms with van der Waals surface area (Å²) in [4.78, 5) is 25.7. The Morgan fingerprint density at radius 1 is 1.11 bits per heavy atom. The van der Waals surface area contributed by atoms with Gasteiger partial charge in [0.25, 0.3) is 5.91 Å². The van der Waals surface area contributed by atoms with E-state index in [-0.39, 0.29) is 11.8 Å². The van der Waals surface area contributed by atoms with Gasteiger partial charge in [-0.3, -0.25) is 14.5 Å². The third-order valence-corrected chi connectivity index (χ3v) is 3.73. The monoisotopic (exact) mass is 309 g/mol. The van der Waals surface area contributed by atoms with Crippen LogP contribution in [0.25, 0.3) is 0 Å². The summed E-state index contributed by atoms with van der Waals surface area (Å²) in [6.07, 6.45) is 2.91. The van der Waals surface area contributed by atoms with Crippen molar-refractivity contribution in [2.75, 3.05) is 11.9 Å². The number of amides is 2. The van der Waals surface area contributed by atoms with Gasteiger partial charge in [-0.25, -0.2) is 0 Å². The van der Waals surface area contributed by atoms with Gasteiger partial charge in [0, 0.05) is 23.9 Å². The Morgan fingerprint density at radius 3 is 2.67 bits per heavy atom. The molecule has 0 aliphatic carbocycles. The maximum atomic E-state index is 12.3. The minimum atomic E-state index is -0.136. The highest BCUT2D eigenvalue weighted by Gasteiger charge is 2.27. The van der Waals surface area contributed by atoms with Crippen LogP contribution >= 0.6 is 15.9 Å². The number of hydrogen-bond acceptors (Lipinski definition) is 2. The first kappa shape index (κ1) is 13.3. The number of carbonyl (C=O) groups is 2. The summed E-state index contributed by atoms with van der Waals surface area (Å²) < 4.78 is 0. The number of imide groups is 1. The molecule has 1 heterocycles. The molecule has 0 bridgehead atoms. The van der Waals surface area contributed by atoms with Gasteiger partial charge in [0.15, 0.2) is 0 Å². The van der Waals surface area contributed by atoms with Crippen LogP contribution in [0.15, 0.2) is 24.3 Å². The molecule has 0 aromatic heterocycles. The average Bonchev–Trinajstić information content (AvgIpc) is 2.51. The zero-order chi connectivity index (χ0) is 13.0. The topological polar surface area (TPSA) is 37.4 Å². The van der Waals surface area contributed by atoms with Crippen LogP contribution in [0.3, 0.4) is 0 Å². The zero-order valence-electron chi connectivity index (χ0n) is 10.2. The number of halogens is 1. The van der Waals surface area contributed by atoms with Gasteiger partial charge in [-0.15, -0.1) is 0 Å². The fraction of sp³-hybridized carbons (Fsp3) is 0.429. The molecule has 1 aromatic carbocycles. The Labute approximate surface area is 115 Å². The van der Waals surface area contributed by atoms with Crippen molar-refractivity contribution < 1.29 is 9.59 Å². The number of carbonyl (C=O) groups excluding carboxylic acids is 2. The highest BCUT2D eigenvalue weighted by molar-refractivity contribution is 9.09. The van der Waals surface area contributed by atoms with Crippen molar-refractivity contribution in [2.45, 2.75) is 25.7 Å². The first-order chi connectivity index (χ1) is 8.74. The molecule has 2 amide bonds. The van der Waals surface area contributed by atoms with Crippen LogP contribution in [0, 0.1) is 0 Å². The molecule has 0 saturated carbocycles. The van der Waals surface area contributed by atoms with Crippen LogP contribution in [0.4, 0.5) is 0 Å². The summed E-state index contributed by atoms with van der Waals surface area (Å²) in [6.45, 7) is 0.525. The molecule has 0 saturated heterocycles. The average molecular weight is 310 g/mol. The predicted molar refractivity (Wildman–Crippen MR) is 73.8 cm³/mol. The van der Waals surface area contributed by atoms with E-state index in [0.29, 0.717) is 24.9 Å². The van der Waals surface area contributed by atoms with Crippen molar-refractivity contribution in [1.82, 2.24) is 4.90 Å². The number of hydrogen-bond donors (Lipinski definition) is 0. The maximum absolute atomic E-state index is 12.3. The highest BCUT2D eigenvalue weighted by Crippen LogP contribution is 2.19. The molecule has 0 fully saturated rings. The molecule has 1 aliphatic heterocycles. The molecule has 0 atom stereocenters. The van der Waals surface area contributed by atoms with E-state index in [1.54, 1.807) is 0 Å². The first-order valence-corrected chi connectivity index (χ1v) is 7.34. The fourth-order valence-electron chi connectivity index (χ4n) is 2.17. The van der Waals surface area contributed by atoms with Gasteiger partial charge in [0.05, 0.1) is 0 Å². The van der Waals surface area contributed by atoms with Crippen molar-refractivity contribution in [2.24, 2.45) is 0 Å². The van der Waals surface area contributed by atoms with E-state index in [0.717, 1.165) is 23.7 Å². The molecular weight excluding hydrogens is 294 g/mol. The summed E-state index contributed by atoms with van der Waals surface area (Å²) in [7, 11) is 0. The van der Waals surface area contributed by atoms with Gasteiger partial charge in [-0.05, 0) is 30.9 Å². The second-order valence-corrected chi connectivity index (χ2v) is 5.20. The number of rotatable bonds is 4. The zero-order valence-corrected chi connectivity index (χ0v) is 11.8. The first-order valence-electron chi connectivity index (χ1n) is 6.22. The van der Waals surface area contributed by atoms with Gasteiger partial charge in [-0.1, -0.05) is 34.1 Å². The molecule has 96 valence electrons. The second kappa shape index (κ2) is 6.14. The molecule has 0 radical (unpaired) electrons. The number of nitrogens with zero attached hydrogens (tertiary/aromatic N) is 1. The van der Waals surface area contributed by atoms with Crippen LogP contribution < -0.4 is 0 Å². The van der Waals surface area contributed by atoms with Crippen molar-refractivity contribution >= 4 is 27.7 Å². The lowest BCUT2D eigenvalue weighted by molar-refractivity contribution is -0.128. The van der Waals surface area contributed by atoms with Gasteiger partial charge in [0.1, 0.15) is 0 Å². The van der Waals surface area contributed by atoms with E-state index < -0.39 is 0 Å². The number of fused-ring (bicyclic) bond motifs is 1. The van der Waals surface area contributed by atoms with E-state index in [9.17, 15) is 9.59 Å². The van der Waals surface area contributed by atoms with Gasteiger partial charge >= 0.3 is 0 Å². The standard InChI is InChI=1S/C14H16BrNO2/c15-9-3-4-10-16-13(17)8-7-11-5-1-2-6-12(11)14(16)18/h1-2,5-6H,3-4,7-10H2. The summed E-state index contributed by atoms with van der Waals surface area (Å²) in [5.41, 5.74) is 1.67. The van der Waals surface area contributed by atoms with Crippen molar-refractivity contribution in [3.05, 3.63) is 35.4 Å².